The van der Waals surface area contributed by atoms with Crippen LogP contribution >= 0.6 is 0 Å². The minimum Gasteiger partial charge on any atom is -0.478 e. The van der Waals surface area contributed by atoms with Gasteiger partial charge in [0.1, 0.15) is 0 Å². The van der Waals surface area contributed by atoms with E-state index in [2.05, 4.69) is 15.6 Å². The van der Waals surface area contributed by atoms with Crippen molar-refractivity contribution < 1.29 is 14.7 Å². The Hall–Kier alpha value is -2.89. The lowest BCUT2D eigenvalue weighted by atomic mass is 10.2. The smallest absolute Gasteiger partial charge is 0.337 e. The number of benzene rings is 1. The summed E-state index contributed by atoms with van der Waals surface area (Å²) in [7, 11) is 0. The summed E-state index contributed by atoms with van der Waals surface area (Å²) in [4.78, 5) is 26.0. The van der Waals surface area contributed by atoms with Crippen molar-refractivity contribution in [3.05, 3.63) is 48.3 Å². The Morgan fingerprint density at radius 2 is 1.95 bits per heavy atom. The van der Waals surface area contributed by atoms with E-state index in [9.17, 15) is 9.59 Å². The van der Waals surface area contributed by atoms with E-state index in [0.29, 0.717) is 17.1 Å². The number of hydrogen-bond acceptors (Lipinski definition) is 4. The zero-order valence-electron chi connectivity index (χ0n) is 10.8. The highest BCUT2D eigenvalue weighted by atomic mass is 16.4. The van der Waals surface area contributed by atoms with Crippen LogP contribution in [0.2, 0.25) is 0 Å². The Kier molecular flexibility index (Phi) is 3.95. The number of carbonyl (C=O) groups is 2. The molecule has 0 saturated carbocycles. The van der Waals surface area contributed by atoms with E-state index in [1.54, 1.807) is 24.3 Å². The maximum atomic E-state index is 11.1. The molecule has 20 heavy (non-hydrogen) atoms. The molecule has 6 heteroatoms. The number of nitrogens with zero attached hydrogens (tertiary/aromatic N) is 1. The SMILES string of the molecule is CC(=O)Nc1cccc(Nc2cnccc2C(=O)O)c1. The minimum atomic E-state index is -1.03. The van der Waals surface area contributed by atoms with Crippen LogP contribution in [0, 0.1) is 0 Å². The first-order chi connectivity index (χ1) is 9.56. The van der Waals surface area contributed by atoms with Crippen molar-refractivity contribution >= 4 is 28.9 Å². The number of carboxylic acids is 1. The second kappa shape index (κ2) is 5.83. The number of aromatic carboxylic acids is 1. The Bertz CT molecular complexity index is 656. The van der Waals surface area contributed by atoms with Crippen LogP contribution in [0.4, 0.5) is 17.1 Å². The summed E-state index contributed by atoms with van der Waals surface area (Å²) in [5, 5.41) is 14.7. The van der Waals surface area contributed by atoms with Crippen LogP contribution in [-0.2, 0) is 4.79 Å². The first kappa shape index (κ1) is 13.5. The summed E-state index contributed by atoms with van der Waals surface area (Å²) in [5.74, 6) is -1.21. The average Bonchev–Trinajstić information content (AvgIpc) is 2.38. The van der Waals surface area contributed by atoms with Crippen LogP contribution in [0.3, 0.4) is 0 Å². The van der Waals surface area contributed by atoms with Gasteiger partial charge in [-0.2, -0.15) is 0 Å². The number of amides is 1. The lowest BCUT2D eigenvalue weighted by Gasteiger charge is -2.10. The van der Waals surface area contributed by atoms with Gasteiger partial charge in [-0.1, -0.05) is 6.07 Å². The maximum Gasteiger partial charge on any atom is 0.337 e. The number of rotatable bonds is 4. The molecule has 1 amide bonds. The molecule has 0 bridgehead atoms. The molecular formula is C14H13N3O3. The van der Waals surface area contributed by atoms with E-state index in [4.69, 9.17) is 5.11 Å². The minimum absolute atomic E-state index is 0.130. The van der Waals surface area contributed by atoms with E-state index >= 15 is 0 Å². The molecule has 0 saturated heterocycles. The summed E-state index contributed by atoms with van der Waals surface area (Å²) in [6.45, 7) is 1.42. The average molecular weight is 271 g/mol. The third-order valence-electron chi connectivity index (χ3n) is 2.51. The number of nitrogens with one attached hydrogen (secondary N) is 2. The number of anilines is 3. The van der Waals surface area contributed by atoms with Crippen LogP contribution in [0.5, 0.6) is 0 Å². The summed E-state index contributed by atoms with van der Waals surface area (Å²) in [6, 6.07) is 8.39. The number of hydrogen-bond donors (Lipinski definition) is 3. The van der Waals surface area contributed by atoms with Gasteiger partial charge >= 0.3 is 5.97 Å². The third-order valence-corrected chi connectivity index (χ3v) is 2.51. The normalized spacial score (nSPS) is 9.85. The summed E-state index contributed by atoms with van der Waals surface area (Å²) < 4.78 is 0. The highest BCUT2D eigenvalue weighted by molar-refractivity contribution is 5.95. The molecule has 1 heterocycles. The molecule has 1 aromatic heterocycles. The predicted molar refractivity (Wildman–Crippen MR) is 75.2 cm³/mol. The van der Waals surface area contributed by atoms with E-state index in [0.717, 1.165) is 0 Å². The van der Waals surface area contributed by atoms with Crippen molar-refractivity contribution in [3.63, 3.8) is 0 Å². The second-order valence-corrected chi connectivity index (χ2v) is 4.11. The lowest BCUT2D eigenvalue weighted by molar-refractivity contribution is -0.114. The zero-order valence-corrected chi connectivity index (χ0v) is 10.8. The van der Waals surface area contributed by atoms with E-state index in [-0.39, 0.29) is 11.5 Å². The van der Waals surface area contributed by atoms with Gasteiger partial charge in [0.25, 0.3) is 0 Å². The highest BCUT2D eigenvalue weighted by Crippen LogP contribution is 2.22. The van der Waals surface area contributed by atoms with Crippen molar-refractivity contribution in [1.82, 2.24) is 4.98 Å². The number of pyridine rings is 1. The Balaban J connectivity index is 2.26. The van der Waals surface area contributed by atoms with Crippen molar-refractivity contribution in [2.45, 2.75) is 6.92 Å². The molecule has 0 fully saturated rings. The number of carbonyl (C=O) groups excluding carboxylic acids is 1. The molecule has 0 aliphatic carbocycles. The fourth-order valence-electron chi connectivity index (χ4n) is 1.71. The van der Waals surface area contributed by atoms with Gasteiger partial charge in [-0.25, -0.2) is 4.79 Å². The van der Waals surface area contributed by atoms with Gasteiger partial charge in [-0.3, -0.25) is 9.78 Å². The standard InChI is InChI=1S/C14H13N3O3/c1-9(18)16-10-3-2-4-11(7-10)17-13-8-15-6-5-12(13)14(19)20/h2-8,17H,1H3,(H,16,18)(H,19,20). The third kappa shape index (κ3) is 3.32. The number of aromatic nitrogens is 1. The summed E-state index contributed by atoms with van der Waals surface area (Å²) in [5.41, 5.74) is 1.81. The maximum absolute atomic E-state index is 11.1. The fourth-order valence-corrected chi connectivity index (χ4v) is 1.71. The predicted octanol–water partition coefficient (Wildman–Crippen LogP) is 2.48. The molecule has 2 aromatic rings. The van der Waals surface area contributed by atoms with Crippen molar-refractivity contribution in [1.29, 1.82) is 0 Å². The van der Waals surface area contributed by atoms with Crippen LogP contribution < -0.4 is 10.6 Å². The molecule has 0 atom stereocenters. The van der Waals surface area contributed by atoms with Crippen LogP contribution in [-0.4, -0.2) is 22.0 Å². The van der Waals surface area contributed by atoms with Gasteiger partial charge in [0.2, 0.25) is 5.91 Å². The van der Waals surface area contributed by atoms with Gasteiger partial charge in [0.05, 0.1) is 17.4 Å². The highest BCUT2D eigenvalue weighted by Gasteiger charge is 2.09. The molecule has 6 nitrogen and oxygen atoms in total. The Morgan fingerprint density at radius 3 is 2.65 bits per heavy atom. The molecule has 0 aliphatic heterocycles. The zero-order chi connectivity index (χ0) is 14.5. The lowest BCUT2D eigenvalue weighted by Crippen LogP contribution is -2.06. The van der Waals surface area contributed by atoms with Gasteiger partial charge in [-0.05, 0) is 24.3 Å². The molecule has 0 aliphatic rings. The molecule has 2 rings (SSSR count). The molecule has 0 radical (unpaired) electrons. The number of carboxylic acid groups (broad SMARTS) is 1. The molecule has 1 aromatic carbocycles. The second-order valence-electron chi connectivity index (χ2n) is 4.11. The molecular weight excluding hydrogens is 258 g/mol. The van der Waals surface area contributed by atoms with E-state index in [1.165, 1.54) is 25.4 Å². The largest absolute Gasteiger partial charge is 0.478 e. The van der Waals surface area contributed by atoms with Gasteiger partial charge in [0, 0.05) is 24.5 Å². The quantitative estimate of drug-likeness (QED) is 0.794. The van der Waals surface area contributed by atoms with Crippen LogP contribution in [0.1, 0.15) is 17.3 Å². The molecule has 0 spiro atoms. The summed E-state index contributed by atoms with van der Waals surface area (Å²) >= 11 is 0. The van der Waals surface area contributed by atoms with Crippen molar-refractivity contribution in [3.8, 4) is 0 Å². The van der Waals surface area contributed by atoms with Gasteiger partial charge in [0.15, 0.2) is 0 Å². The first-order valence-corrected chi connectivity index (χ1v) is 5.88. The Labute approximate surface area is 115 Å². The van der Waals surface area contributed by atoms with Crippen LogP contribution in [0.15, 0.2) is 42.7 Å². The molecule has 0 unspecified atom stereocenters. The molecule has 102 valence electrons. The van der Waals surface area contributed by atoms with Crippen molar-refractivity contribution in [2.75, 3.05) is 10.6 Å². The van der Waals surface area contributed by atoms with Crippen molar-refractivity contribution in [2.24, 2.45) is 0 Å². The van der Waals surface area contributed by atoms with E-state index in [1.807, 2.05) is 0 Å². The fraction of sp³-hybridized carbons (Fsp3) is 0.0714. The van der Waals surface area contributed by atoms with E-state index < -0.39 is 5.97 Å². The van der Waals surface area contributed by atoms with Gasteiger partial charge in [-0.15, -0.1) is 0 Å². The summed E-state index contributed by atoms with van der Waals surface area (Å²) in [6.07, 6.45) is 2.86. The van der Waals surface area contributed by atoms with Gasteiger partial charge < -0.3 is 15.7 Å². The first-order valence-electron chi connectivity index (χ1n) is 5.88. The topological polar surface area (TPSA) is 91.3 Å². The monoisotopic (exact) mass is 271 g/mol. The molecule has 3 N–H and O–H groups in total. The Morgan fingerprint density at radius 1 is 1.20 bits per heavy atom. The van der Waals surface area contributed by atoms with Crippen LogP contribution in [0.25, 0.3) is 0 Å².